The van der Waals surface area contributed by atoms with Crippen LogP contribution in [-0.2, 0) is 19.1 Å². The number of carbonyl (C=O) groups excluding carboxylic acids is 2. The first-order chi connectivity index (χ1) is 7.74. The van der Waals surface area contributed by atoms with Crippen LogP contribution in [0.3, 0.4) is 0 Å². The molecule has 96 valence electrons. The summed E-state index contributed by atoms with van der Waals surface area (Å²) in [6.07, 6.45) is -0.822. The van der Waals surface area contributed by atoms with Crippen LogP contribution in [-0.4, -0.2) is 29.0 Å². The Kier molecular flexibility index (Phi) is 2.86. The average Bonchev–Trinajstić information content (AvgIpc) is 2.59. The number of rotatable bonds is 3. The Balaban J connectivity index is 2.19. The number of carbonyl (C=O) groups is 2. The highest BCUT2D eigenvalue weighted by Crippen LogP contribution is 2.67. The second kappa shape index (κ2) is 3.75. The normalized spacial score (nSPS) is 33.9. The maximum absolute atomic E-state index is 11.7. The minimum absolute atomic E-state index is 0.116. The van der Waals surface area contributed by atoms with Crippen molar-refractivity contribution in [3.8, 4) is 0 Å². The molecule has 1 saturated carbocycles. The van der Waals surface area contributed by atoms with Crippen molar-refractivity contribution in [1.29, 1.82) is 0 Å². The van der Waals surface area contributed by atoms with E-state index in [1.165, 1.54) is 0 Å². The maximum Gasteiger partial charge on any atom is 0.346 e. The molecule has 1 heterocycles. The van der Waals surface area contributed by atoms with Crippen LogP contribution in [0.5, 0.6) is 0 Å². The van der Waals surface area contributed by atoms with Gasteiger partial charge < -0.3 is 9.47 Å². The fourth-order valence-corrected chi connectivity index (χ4v) is 3.08. The van der Waals surface area contributed by atoms with Crippen LogP contribution in [0.15, 0.2) is 0 Å². The van der Waals surface area contributed by atoms with Crippen LogP contribution in [0, 0.1) is 17.3 Å². The molecule has 0 spiro atoms. The zero-order valence-corrected chi connectivity index (χ0v) is 11.3. The summed E-state index contributed by atoms with van der Waals surface area (Å²) in [5.74, 6) is -1.42. The second-order valence-corrected chi connectivity index (χ2v) is 6.41. The average molecular weight is 281 g/mol. The van der Waals surface area contributed by atoms with Gasteiger partial charge in [0, 0.05) is 5.92 Å². The molecular weight excluding hydrogens is 267 g/mol. The van der Waals surface area contributed by atoms with E-state index < -0.39 is 16.4 Å². The molecule has 0 N–H and O–H groups in total. The van der Waals surface area contributed by atoms with E-state index in [0.717, 1.165) is 0 Å². The van der Waals surface area contributed by atoms with E-state index in [1.54, 1.807) is 6.92 Å². The van der Waals surface area contributed by atoms with Crippen molar-refractivity contribution in [1.82, 2.24) is 0 Å². The Morgan fingerprint density at radius 3 is 2.53 bits per heavy atom. The molecule has 0 amide bonds. The smallest absolute Gasteiger partial charge is 0.346 e. The molecule has 1 aliphatic heterocycles. The van der Waals surface area contributed by atoms with Crippen LogP contribution in [0.25, 0.3) is 0 Å². The number of ether oxygens (including phenoxy) is 2. The Labute approximate surface area is 110 Å². The summed E-state index contributed by atoms with van der Waals surface area (Å²) >= 11 is 12.0. The maximum atomic E-state index is 11.7. The van der Waals surface area contributed by atoms with Gasteiger partial charge in [-0.25, -0.2) is 4.79 Å². The van der Waals surface area contributed by atoms with Gasteiger partial charge in [-0.2, -0.15) is 0 Å². The van der Waals surface area contributed by atoms with Crippen molar-refractivity contribution >= 4 is 35.1 Å². The highest BCUT2D eigenvalue weighted by molar-refractivity contribution is 6.58. The van der Waals surface area contributed by atoms with Crippen LogP contribution >= 0.6 is 23.2 Å². The van der Waals surface area contributed by atoms with Crippen molar-refractivity contribution in [2.24, 2.45) is 17.3 Å². The van der Waals surface area contributed by atoms with E-state index in [1.807, 2.05) is 13.8 Å². The summed E-state index contributed by atoms with van der Waals surface area (Å²) in [6.45, 7) is 5.71. The highest BCUT2D eigenvalue weighted by atomic mass is 35.5. The molecule has 3 atom stereocenters. The molecule has 3 unspecified atom stereocenters. The second-order valence-electron chi connectivity index (χ2n) is 5.03. The van der Waals surface area contributed by atoms with Crippen molar-refractivity contribution in [3.05, 3.63) is 0 Å². The number of halogens is 2. The Morgan fingerprint density at radius 2 is 2.12 bits per heavy atom. The van der Waals surface area contributed by atoms with Crippen molar-refractivity contribution in [3.63, 3.8) is 0 Å². The zero-order chi connectivity index (χ0) is 13.0. The van der Waals surface area contributed by atoms with Gasteiger partial charge in [0.25, 0.3) is 4.33 Å². The summed E-state index contributed by atoms with van der Waals surface area (Å²) in [5, 5.41) is 0. The van der Waals surface area contributed by atoms with Gasteiger partial charge in [-0.3, -0.25) is 4.79 Å². The number of hydrogen-bond acceptors (Lipinski definition) is 4. The van der Waals surface area contributed by atoms with E-state index in [9.17, 15) is 9.59 Å². The minimum atomic E-state index is -1.82. The van der Waals surface area contributed by atoms with E-state index in [4.69, 9.17) is 32.7 Å². The molecule has 2 aliphatic rings. The van der Waals surface area contributed by atoms with Gasteiger partial charge in [-0.1, -0.05) is 37.0 Å². The fraction of sp³-hybridized carbons (Fsp3) is 0.818. The minimum Gasteiger partial charge on any atom is -0.464 e. The highest BCUT2D eigenvalue weighted by Gasteiger charge is 2.75. The third-order valence-corrected chi connectivity index (χ3v) is 4.38. The van der Waals surface area contributed by atoms with Gasteiger partial charge in [-0.15, -0.1) is 0 Å². The van der Waals surface area contributed by atoms with Crippen molar-refractivity contribution in [2.75, 3.05) is 6.61 Å². The number of hydrogen-bond donors (Lipinski definition) is 0. The predicted molar refractivity (Wildman–Crippen MR) is 61.7 cm³/mol. The quantitative estimate of drug-likeness (QED) is 0.586. The monoisotopic (exact) mass is 280 g/mol. The van der Waals surface area contributed by atoms with Crippen LogP contribution in [0.4, 0.5) is 0 Å². The SMILES string of the molecule is CCOC(=O)C(Cl)(Cl)C1OC(=O)C2C1C2(C)C. The fourth-order valence-electron chi connectivity index (χ4n) is 2.61. The molecule has 17 heavy (non-hydrogen) atoms. The van der Waals surface area contributed by atoms with E-state index in [2.05, 4.69) is 0 Å². The van der Waals surface area contributed by atoms with Gasteiger partial charge in [0.2, 0.25) is 0 Å². The van der Waals surface area contributed by atoms with Crippen LogP contribution in [0.2, 0.25) is 0 Å². The molecule has 4 nitrogen and oxygen atoms in total. The number of fused-ring (bicyclic) bond motifs is 1. The van der Waals surface area contributed by atoms with E-state index in [0.29, 0.717) is 0 Å². The molecule has 0 aromatic carbocycles. The van der Waals surface area contributed by atoms with Gasteiger partial charge in [0.05, 0.1) is 12.5 Å². The van der Waals surface area contributed by atoms with E-state index in [-0.39, 0.29) is 29.8 Å². The lowest BCUT2D eigenvalue weighted by Crippen LogP contribution is -2.44. The number of alkyl halides is 2. The molecule has 1 aliphatic carbocycles. The molecular formula is C11H14Cl2O4. The first kappa shape index (κ1) is 13.0. The van der Waals surface area contributed by atoms with Crippen molar-refractivity contribution in [2.45, 2.75) is 31.2 Å². The predicted octanol–water partition coefficient (Wildman–Crippen LogP) is 1.92. The first-order valence-electron chi connectivity index (χ1n) is 5.50. The lowest BCUT2D eigenvalue weighted by Gasteiger charge is -2.27. The van der Waals surface area contributed by atoms with Crippen LogP contribution in [0.1, 0.15) is 20.8 Å². The first-order valence-corrected chi connectivity index (χ1v) is 6.25. The Morgan fingerprint density at radius 1 is 1.53 bits per heavy atom. The summed E-state index contributed by atoms with van der Waals surface area (Å²) in [4.78, 5) is 23.2. The Bertz CT molecular complexity index is 378. The summed E-state index contributed by atoms with van der Waals surface area (Å²) < 4.78 is 8.06. The standard InChI is InChI=1S/C11H14Cl2O4/c1-4-16-9(15)11(12,13)7-5-6(8(14)17-7)10(5,2)3/h5-7H,4H2,1-3H3. The summed E-state index contributed by atoms with van der Waals surface area (Å²) in [7, 11) is 0. The number of cyclic esters (lactones) is 1. The van der Waals surface area contributed by atoms with Gasteiger partial charge in [0.1, 0.15) is 6.10 Å². The molecule has 2 fully saturated rings. The third-order valence-electron chi connectivity index (χ3n) is 3.64. The van der Waals surface area contributed by atoms with Gasteiger partial charge in [-0.05, 0) is 12.3 Å². The summed E-state index contributed by atoms with van der Waals surface area (Å²) in [5.41, 5.74) is -0.207. The zero-order valence-electron chi connectivity index (χ0n) is 9.83. The lowest BCUT2D eigenvalue weighted by molar-refractivity contribution is -0.154. The molecule has 0 aromatic heterocycles. The topological polar surface area (TPSA) is 52.6 Å². The Hall–Kier alpha value is -0.480. The van der Waals surface area contributed by atoms with Crippen molar-refractivity contribution < 1.29 is 19.1 Å². The van der Waals surface area contributed by atoms with Crippen LogP contribution < -0.4 is 0 Å². The molecule has 6 heteroatoms. The molecule has 0 radical (unpaired) electrons. The van der Waals surface area contributed by atoms with Gasteiger partial charge in [0.15, 0.2) is 0 Å². The van der Waals surface area contributed by atoms with E-state index >= 15 is 0 Å². The summed E-state index contributed by atoms with van der Waals surface area (Å²) in [6, 6.07) is 0. The molecule has 2 rings (SSSR count). The number of esters is 2. The molecule has 0 bridgehead atoms. The third kappa shape index (κ3) is 1.73. The molecule has 0 aromatic rings. The molecule has 1 saturated heterocycles. The largest absolute Gasteiger partial charge is 0.464 e. The van der Waals surface area contributed by atoms with Gasteiger partial charge >= 0.3 is 11.9 Å². The lowest BCUT2D eigenvalue weighted by atomic mass is 10.0.